The molecule has 2 aromatic heterocycles. The molecule has 0 amide bonds. The van der Waals surface area contributed by atoms with Crippen molar-refractivity contribution in [1.82, 2.24) is 15.0 Å². The lowest BCUT2D eigenvalue weighted by Gasteiger charge is -2.27. The van der Waals surface area contributed by atoms with Crippen LogP contribution < -0.4 is 4.90 Å². The minimum Gasteiger partial charge on any atom is -0.376 e. The third kappa shape index (κ3) is 4.49. The van der Waals surface area contributed by atoms with Gasteiger partial charge in [0.1, 0.15) is 11.5 Å². The summed E-state index contributed by atoms with van der Waals surface area (Å²) < 4.78 is 5.89. The third-order valence-electron chi connectivity index (χ3n) is 4.72. The van der Waals surface area contributed by atoms with E-state index in [0.717, 1.165) is 49.7 Å². The van der Waals surface area contributed by atoms with Crippen molar-refractivity contribution >= 4 is 5.82 Å². The fraction of sp³-hybridized carbons (Fsp3) is 0.318. The summed E-state index contributed by atoms with van der Waals surface area (Å²) in [5.74, 6) is 1.58. The maximum atomic E-state index is 5.89. The molecule has 0 aliphatic carbocycles. The molecule has 5 nitrogen and oxygen atoms in total. The first-order valence-electron chi connectivity index (χ1n) is 9.45. The molecule has 3 heterocycles. The van der Waals surface area contributed by atoms with Crippen LogP contribution in [0.2, 0.25) is 0 Å². The van der Waals surface area contributed by atoms with E-state index in [9.17, 15) is 0 Å². The van der Waals surface area contributed by atoms with Crippen molar-refractivity contribution in [1.29, 1.82) is 0 Å². The van der Waals surface area contributed by atoms with E-state index in [4.69, 9.17) is 9.72 Å². The second kappa shape index (κ2) is 8.27. The highest BCUT2D eigenvalue weighted by atomic mass is 16.5. The third-order valence-corrected chi connectivity index (χ3v) is 4.72. The Bertz CT molecular complexity index is 864. The maximum Gasteiger partial charge on any atom is 0.180 e. The molecule has 0 radical (unpaired) electrons. The van der Waals surface area contributed by atoms with Crippen molar-refractivity contribution in [3.05, 3.63) is 72.1 Å². The highest BCUT2D eigenvalue weighted by molar-refractivity contribution is 5.54. The van der Waals surface area contributed by atoms with Gasteiger partial charge in [0.25, 0.3) is 0 Å². The van der Waals surface area contributed by atoms with Crippen LogP contribution in [0, 0.1) is 6.92 Å². The molecule has 0 spiro atoms. The zero-order chi connectivity index (χ0) is 18.5. The lowest BCUT2D eigenvalue weighted by atomic mass is 10.1. The van der Waals surface area contributed by atoms with E-state index in [1.807, 2.05) is 37.3 Å². The Labute approximate surface area is 160 Å². The van der Waals surface area contributed by atoms with Crippen molar-refractivity contribution in [2.75, 3.05) is 18.1 Å². The van der Waals surface area contributed by atoms with Gasteiger partial charge < -0.3 is 9.64 Å². The first kappa shape index (κ1) is 17.6. The van der Waals surface area contributed by atoms with Gasteiger partial charge in [0, 0.05) is 37.7 Å². The van der Waals surface area contributed by atoms with Gasteiger partial charge in [-0.15, -0.1) is 0 Å². The number of nitrogens with zero attached hydrogens (tertiary/aromatic N) is 4. The fourth-order valence-corrected chi connectivity index (χ4v) is 3.40. The molecule has 0 N–H and O–H groups in total. The van der Waals surface area contributed by atoms with Gasteiger partial charge in [-0.2, -0.15) is 0 Å². The molecule has 0 unspecified atom stereocenters. The summed E-state index contributed by atoms with van der Waals surface area (Å²) >= 11 is 0. The van der Waals surface area contributed by atoms with E-state index in [-0.39, 0.29) is 6.10 Å². The number of hydrogen-bond acceptors (Lipinski definition) is 5. The quantitative estimate of drug-likeness (QED) is 0.664. The number of rotatable bonds is 6. The molecule has 138 valence electrons. The standard InChI is InChI=1S/C22H24N4O/c1-17-14-21(25-22(24-17)20-11-5-6-12-23-20)26(16-19-10-7-13-27-19)15-18-8-3-2-4-9-18/h2-6,8-9,11-12,14,19H,7,10,13,15-16H2,1H3/t19-/m1/s1. The molecule has 1 aromatic carbocycles. The van der Waals surface area contributed by atoms with Gasteiger partial charge in [-0.05, 0) is 37.5 Å². The number of anilines is 1. The fourth-order valence-electron chi connectivity index (χ4n) is 3.40. The van der Waals surface area contributed by atoms with Crippen molar-refractivity contribution < 1.29 is 4.74 Å². The number of aromatic nitrogens is 3. The van der Waals surface area contributed by atoms with E-state index in [0.29, 0.717) is 5.82 Å². The summed E-state index contributed by atoms with van der Waals surface area (Å²) in [6, 6.07) is 18.3. The molecular formula is C22H24N4O. The number of benzene rings is 1. The summed E-state index contributed by atoms with van der Waals surface area (Å²) in [7, 11) is 0. The predicted molar refractivity (Wildman–Crippen MR) is 106 cm³/mol. The SMILES string of the molecule is Cc1cc(N(Cc2ccccc2)C[C@H]2CCCO2)nc(-c2ccccn2)n1. The first-order chi connectivity index (χ1) is 13.3. The molecular weight excluding hydrogens is 336 g/mol. The summed E-state index contributed by atoms with van der Waals surface area (Å²) in [4.78, 5) is 16.1. The average Bonchev–Trinajstić information content (AvgIpc) is 3.22. The minimum absolute atomic E-state index is 0.252. The van der Waals surface area contributed by atoms with Gasteiger partial charge in [0.2, 0.25) is 0 Å². The highest BCUT2D eigenvalue weighted by Gasteiger charge is 2.21. The lowest BCUT2D eigenvalue weighted by Crippen LogP contribution is -2.32. The van der Waals surface area contributed by atoms with Crippen LogP contribution >= 0.6 is 0 Å². The Hall–Kier alpha value is -2.79. The normalized spacial score (nSPS) is 16.4. The molecule has 0 saturated carbocycles. The van der Waals surface area contributed by atoms with Crippen LogP contribution in [0.25, 0.3) is 11.5 Å². The molecule has 0 bridgehead atoms. The van der Waals surface area contributed by atoms with Crippen LogP contribution in [-0.2, 0) is 11.3 Å². The van der Waals surface area contributed by atoms with Gasteiger partial charge in [0.05, 0.1) is 6.10 Å². The van der Waals surface area contributed by atoms with Gasteiger partial charge >= 0.3 is 0 Å². The smallest absolute Gasteiger partial charge is 0.180 e. The van der Waals surface area contributed by atoms with E-state index in [2.05, 4.69) is 39.1 Å². The van der Waals surface area contributed by atoms with E-state index in [1.165, 1.54) is 5.56 Å². The Kier molecular flexibility index (Phi) is 5.39. The van der Waals surface area contributed by atoms with Crippen molar-refractivity contribution in [3.63, 3.8) is 0 Å². The Morgan fingerprint density at radius 1 is 1.07 bits per heavy atom. The molecule has 1 saturated heterocycles. The molecule has 1 atom stereocenters. The van der Waals surface area contributed by atoms with Gasteiger partial charge in [-0.25, -0.2) is 9.97 Å². The van der Waals surface area contributed by atoms with Gasteiger partial charge in [-0.1, -0.05) is 36.4 Å². The zero-order valence-corrected chi connectivity index (χ0v) is 15.6. The second-order valence-corrected chi connectivity index (χ2v) is 6.91. The Balaban J connectivity index is 1.66. The molecule has 1 aliphatic heterocycles. The number of ether oxygens (including phenoxy) is 1. The van der Waals surface area contributed by atoms with Crippen LogP contribution in [0.15, 0.2) is 60.8 Å². The average molecular weight is 360 g/mol. The minimum atomic E-state index is 0.252. The van der Waals surface area contributed by atoms with E-state index < -0.39 is 0 Å². The van der Waals surface area contributed by atoms with E-state index >= 15 is 0 Å². The monoisotopic (exact) mass is 360 g/mol. The summed E-state index contributed by atoms with van der Waals surface area (Å²) in [5.41, 5.74) is 2.98. The Morgan fingerprint density at radius 3 is 2.67 bits per heavy atom. The number of pyridine rings is 1. The van der Waals surface area contributed by atoms with Crippen LogP contribution in [0.3, 0.4) is 0 Å². The molecule has 27 heavy (non-hydrogen) atoms. The molecule has 1 fully saturated rings. The highest BCUT2D eigenvalue weighted by Crippen LogP contribution is 2.23. The van der Waals surface area contributed by atoms with Gasteiger partial charge in [-0.3, -0.25) is 4.98 Å². The molecule has 1 aliphatic rings. The largest absolute Gasteiger partial charge is 0.376 e. The van der Waals surface area contributed by atoms with Crippen LogP contribution in [0.5, 0.6) is 0 Å². The topological polar surface area (TPSA) is 51.1 Å². The van der Waals surface area contributed by atoms with Crippen molar-refractivity contribution in [2.45, 2.75) is 32.4 Å². The number of aryl methyl sites for hydroxylation is 1. The summed E-state index contributed by atoms with van der Waals surface area (Å²) in [5, 5.41) is 0. The predicted octanol–water partition coefficient (Wildman–Crippen LogP) is 4.03. The van der Waals surface area contributed by atoms with Crippen LogP contribution in [0.4, 0.5) is 5.82 Å². The number of hydrogen-bond donors (Lipinski definition) is 0. The summed E-state index contributed by atoms with van der Waals surface area (Å²) in [6.45, 7) is 4.47. The van der Waals surface area contributed by atoms with Crippen LogP contribution in [0.1, 0.15) is 24.1 Å². The Morgan fingerprint density at radius 2 is 1.93 bits per heavy atom. The first-order valence-corrected chi connectivity index (χ1v) is 9.45. The maximum absolute atomic E-state index is 5.89. The molecule has 4 rings (SSSR count). The lowest BCUT2D eigenvalue weighted by molar-refractivity contribution is 0.115. The summed E-state index contributed by atoms with van der Waals surface area (Å²) in [6.07, 6.45) is 4.26. The second-order valence-electron chi connectivity index (χ2n) is 6.91. The molecule has 3 aromatic rings. The van der Waals surface area contributed by atoms with Crippen molar-refractivity contribution in [2.24, 2.45) is 0 Å². The molecule has 5 heteroatoms. The zero-order valence-electron chi connectivity index (χ0n) is 15.6. The van der Waals surface area contributed by atoms with Crippen molar-refractivity contribution in [3.8, 4) is 11.5 Å². The van der Waals surface area contributed by atoms with E-state index in [1.54, 1.807) is 6.20 Å². The van der Waals surface area contributed by atoms with Gasteiger partial charge in [0.15, 0.2) is 5.82 Å². The van der Waals surface area contributed by atoms with Crippen LogP contribution in [-0.4, -0.2) is 34.2 Å².